The van der Waals surface area contributed by atoms with Crippen LogP contribution in [0.25, 0.3) is 0 Å². The van der Waals surface area contributed by atoms with E-state index in [9.17, 15) is 14.0 Å². The highest BCUT2D eigenvalue weighted by Crippen LogP contribution is 2.45. The largest absolute Gasteiger partial charge is 0.465 e. The lowest BCUT2D eigenvalue weighted by Gasteiger charge is -2.54. The maximum atomic E-state index is 14.3. The number of carbonyl (C=O) groups is 2. The van der Waals surface area contributed by atoms with Gasteiger partial charge in [-0.25, -0.2) is 19.2 Å². The number of carboxylic acid groups (broad SMARTS) is 1. The van der Waals surface area contributed by atoms with Crippen LogP contribution in [0.5, 0.6) is 11.5 Å². The van der Waals surface area contributed by atoms with Gasteiger partial charge in [0.05, 0.1) is 11.9 Å². The number of piperidine rings is 1. The summed E-state index contributed by atoms with van der Waals surface area (Å²) in [4.78, 5) is 38.9. The van der Waals surface area contributed by atoms with Crippen LogP contribution in [0.2, 0.25) is 0 Å². The van der Waals surface area contributed by atoms with Crippen LogP contribution in [0, 0.1) is 23.1 Å². The molecule has 10 nitrogen and oxygen atoms in total. The molecule has 2 saturated heterocycles. The molecule has 0 unspecified atom stereocenters. The second-order valence-corrected chi connectivity index (χ2v) is 12.5. The molecule has 1 aromatic carbocycles. The summed E-state index contributed by atoms with van der Waals surface area (Å²) in [6.07, 6.45) is 8.50. The molecule has 0 bridgehead atoms. The summed E-state index contributed by atoms with van der Waals surface area (Å²) in [5.74, 6) is 1.45. The third kappa shape index (κ3) is 6.77. The van der Waals surface area contributed by atoms with Gasteiger partial charge >= 0.3 is 6.09 Å². The lowest BCUT2D eigenvalue weighted by atomic mass is 9.71. The van der Waals surface area contributed by atoms with Gasteiger partial charge in [-0.05, 0) is 76.6 Å². The molecule has 5 rings (SSSR count). The van der Waals surface area contributed by atoms with Gasteiger partial charge < -0.3 is 29.9 Å². The smallest absolute Gasteiger partial charge is 0.404 e. The van der Waals surface area contributed by atoms with E-state index < -0.39 is 11.9 Å². The van der Waals surface area contributed by atoms with Crippen molar-refractivity contribution in [2.45, 2.75) is 65.3 Å². The summed E-state index contributed by atoms with van der Waals surface area (Å²) >= 11 is 0. The molecule has 42 heavy (non-hydrogen) atoms. The van der Waals surface area contributed by atoms with E-state index in [1.54, 1.807) is 17.2 Å². The van der Waals surface area contributed by atoms with E-state index in [2.05, 4.69) is 25.1 Å². The second kappa shape index (κ2) is 12.8. The van der Waals surface area contributed by atoms with Crippen molar-refractivity contribution in [3.63, 3.8) is 0 Å². The van der Waals surface area contributed by atoms with E-state index in [1.807, 2.05) is 20.8 Å². The van der Waals surface area contributed by atoms with Gasteiger partial charge in [-0.2, -0.15) is 0 Å². The van der Waals surface area contributed by atoms with Gasteiger partial charge in [0.2, 0.25) is 5.91 Å². The summed E-state index contributed by atoms with van der Waals surface area (Å²) in [7, 11) is 0. The highest BCUT2D eigenvalue weighted by molar-refractivity contribution is 5.96. The van der Waals surface area contributed by atoms with Crippen molar-refractivity contribution in [2.75, 3.05) is 49.1 Å². The van der Waals surface area contributed by atoms with Crippen LogP contribution >= 0.6 is 0 Å². The number of nitrogens with zero attached hydrogens (tertiary/aromatic N) is 5. The molecule has 3 fully saturated rings. The minimum atomic E-state index is -0.920. The Morgan fingerprint density at radius 2 is 1.88 bits per heavy atom. The first-order valence-electron chi connectivity index (χ1n) is 15.2. The molecule has 228 valence electrons. The van der Waals surface area contributed by atoms with Gasteiger partial charge in [0, 0.05) is 49.6 Å². The van der Waals surface area contributed by atoms with Crippen LogP contribution in [-0.4, -0.2) is 77.3 Å². The number of anilines is 2. The van der Waals surface area contributed by atoms with Gasteiger partial charge in [-0.3, -0.25) is 4.79 Å². The zero-order valence-electron chi connectivity index (χ0n) is 24.9. The molecular formula is C31H43FN6O4. The Balaban J connectivity index is 1.18. The Morgan fingerprint density at radius 3 is 2.52 bits per heavy atom. The molecule has 2 amide bonds. The fourth-order valence-electron chi connectivity index (χ4n) is 6.75. The predicted molar refractivity (Wildman–Crippen MR) is 159 cm³/mol. The van der Waals surface area contributed by atoms with Gasteiger partial charge in [-0.1, -0.05) is 13.8 Å². The SMILES string of the molecule is CCN(C(=O)C(C)C)c1cc(F)ccc1Oc1cncnc1N1CC2(CCN(CC3CCC(NC(=O)O)CC3)CC2)C1. The third-order valence-corrected chi connectivity index (χ3v) is 9.13. The quantitative estimate of drug-likeness (QED) is 0.418. The number of ether oxygens (including phenoxy) is 1. The minimum Gasteiger partial charge on any atom is -0.465 e. The summed E-state index contributed by atoms with van der Waals surface area (Å²) in [6, 6.07) is 4.33. The van der Waals surface area contributed by atoms with Crippen molar-refractivity contribution in [3.8, 4) is 11.5 Å². The zero-order chi connectivity index (χ0) is 29.9. The van der Waals surface area contributed by atoms with Crippen LogP contribution < -0.4 is 19.9 Å². The molecule has 0 atom stereocenters. The minimum absolute atomic E-state index is 0.0998. The van der Waals surface area contributed by atoms with Crippen LogP contribution in [-0.2, 0) is 4.79 Å². The lowest BCUT2D eigenvalue weighted by molar-refractivity contribution is -0.121. The van der Waals surface area contributed by atoms with Crippen molar-refractivity contribution in [2.24, 2.45) is 17.3 Å². The van der Waals surface area contributed by atoms with E-state index in [1.165, 1.54) is 18.5 Å². The number of hydrogen-bond acceptors (Lipinski definition) is 7. The molecule has 1 aromatic heterocycles. The fraction of sp³-hybridized carbons (Fsp3) is 0.613. The highest BCUT2D eigenvalue weighted by Gasteiger charge is 2.46. The first kappa shape index (κ1) is 30.0. The molecule has 0 radical (unpaired) electrons. The van der Waals surface area contributed by atoms with E-state index in [0.717, 1.165) is 71.2 Å². The molecule has 2 N–H and O–H groups in total. The van der Waals surface area contributed by atoms with Crippen LogP contribution in [0.1, 0.15) is 59.3 Å². The molecular weight excluding hydrogens is 539 g/mol. The Hall–Kier alpha value is -3.47. The second-order valence-electron chi connectivity index (χ2n) is 12.5. The van der Waals surface area contributed by atoms with Crippen LogP contribution in [0.15, 0.2) is 30.7 Å². The lowest BCUT2D eigenvalue weighted by Crippen LogP contribution is -2.61. The summed E-state index contributed by atoms with van der Waals surface area (Å²) in [5.41, 5.74) is 0.649. The number of rotatable bonds is 9. The predicted octanol–water partition coefficient (Wildman–Crippen LogP) is 5.15. The Morgan fingerprint density at radius 1 is 1.17 bits per heavy atom. The van der Waals surface area contributed by atoms with Crippen molar-refractivity contribution in [3.05, 3.63) is 36.5 Å². The maximum Gasteiger partial charge on any atom is 0.404 e. The number of nitrogens with one attached hydrogen (secondary N) is 1. The third-order valence-electron chi connectivity index (χ3n) is 9.13. The van der Waals surface area contributed by atoms with E-state index in [0.29, 0.717) is 35.5 Å². The van der Waals surface area contributed by atoms with Crippen molar-refractivity contribution in [1.82, 2.24) is 20.2 Å². The van der Waals surface area contributed by atoms with E-state index >= 15 is 0 Å². The summed E-state index contributed by atoms with van der Waals surface area (Å²) in [6.45, 7) is 10.9. The standard InChI is InChI=1S/C31H43FN6O4/c1-4-38(29(39)21(2)3)25-15-23(32)7-10-26(25)42-27-16-33-20-34-28(27)37-18-31(19-37)11-13-36(14-12-31)17-22-5-8-24(9-6-22)35-30(40)41/h7,10,15-16,20-22,24,35H,4-6,8-9,11-14,17-19H2,1-3H3,(H,40,41). The summed E-state index contributed by atoms with van der Waals surface area (Å²) in [5, 5.41) is 11.6. The molecule has 3 aliphatic rings. The molecule has 1 aliphatic carbocycles. The first-order chi connectivity index (χ1) is 20.2. The van der Waals surface area contributed by atoms with Crippen molar-refractivity contribution < 1.29 is 23.8 Å². The Kier molecular flexibility index (Phi) is 9.15. The monoisotopic (exact) mass is 582 g/mol. The number of amides is 2. The van der Waals surface area contributed by atoms with Crippen molar-refractivity contribution in [1.29, 1.82) is 0 Å². The molecule has 2 aliphatic heterocycles. The maximum absolute atomic E-state index is 14.3. The Bertz CT molecular complexity index is 1250. The average molecular weight is 583 g/mol. The van der Waals surface area contributed by atoms with Crippen molar-refractivity contribution >= 4 is 23.5 Å². The number of aromatic nitrogens is 2. The summed E-state index contributed by atoms with van der Waals surface area (Å²) < 4.78 is 20.6. The zero-order valence-corrected chi connectivity index (χ0v) is 24.9. The number of benzene rings is 1. The average Bonchev–Trinajstić information content (AvgIpc) is 2.95. The van der Waals surface area contributed by atoms with Gasteiger partial charge in [0.1, 0.15) is 12.1 Å². The normalized spacial score (nSPS) is 22.1. The van der Waals surface area contributed by atoms with Crippen LogP contribution in [0.4, 0.5) is 20.7 Å². The molecule has 2 aromatic rings. The fourth-order valence-corrected chi connectivity index (χ4v) is 6.75. The van der Waals surface area contributed by atoms with Gasteiger partial charge in [0.25, 0.3) is 0 Å². The Labute approximate surface area is 247 Å². The van der Waals surface area contributed by atoms with Crippen LogP contribution in [0.3, 0.4) is 0 Å². The number of hydrogen-bond donors (Lipinski definition) is 2. The van der Waals surface area contributed by atoms with Gasteiger partial charge in [-0.15, -0.1) is 0 Å². The van der Waals surface area contributed by atoms with E-state index in [4.69, 9.17) is 9.84 Å². The molecule has 1 saturated carbocycles. The molecule has 11 heteroatoms. The molecule has 1 spiro atoms. The number of likely N-dealkylation sites (tertiary alicyclic amines) is 1. The number of carbonyl (C=O) groups excluding carboxylic acids is 1. The first-order valence-corrected chi connectivity index (χ1v) is 15.2. The van der Waals surface area contributed by atoms with E-state index in [-0.39, 0.29) is 23.3 Å². The number of halogens is 1. The highest BCUT2D eigenvalue weighted by atomic mass is 19.1. The molecule has 3 heterocycles. The topological polar surface area (TPSA) is 111 Å². The van der Waals surface area contributed by atoms with Gasteiger partial charge in [0.15, 0.2) is 17.3 Å².